The zero-order valence-corrected chi connectivity index (χ0v) is 17.0. The maximum absolute atomic E-state index is 14.3. The number of pyridine rings is 1. The number of benzene rings is 1. The Hall–Kier alpha value is -3.57. The van der Waals surface area contributed by atoms with Gasteiger partial charge in [0.1, 0.15) is 28.3 Å². The van der Waals surface area contributed by atoms with E-state index in [1.807, 2.05) is 25.1 Å². The first-order valence-electron chi connectivity index (χ1n) is 9.45. The molecule has 6 nitrogen and oxygen atoms in total. The minimum Gasteiger partial charge on any atom is -0.492 e. The van der Waals surface area contributed by atoms with Gasteiger partial charge in [-0.2, -0.15) is 5.26 Å². The number of hydrogen-bond acceptors (Lipinski definition) is 7. The third-order valence-corrected chi connectivity index (χ3v) is 5.46. The monoisotopic (exact) mass is 419 g/mol. The van der Waals surface area contributed by atoms with Gasteiger partial charge in [-0.25, -0.2) is 14.4 Å². The molecule has 4 rings (SSSR count). The van der Waals surface area contributed by atoms with Crippen molar-refractivity contribution in [1.82, 2.24) is 15.0 Å². The average Bonchev–Trinajstić information content (AvgIpc) is 3.18. The average molecular weight is 419 g/mol. The fourth-order valence-corrected chi connectivity index (χ4v) is 3.90. The molecule has 0 aliphatic rings. The summed E-state index contributed by atoms with van der Waals surface area (Å²) >= 11 is 1.29. The molecule has 0 spiro atoms. The molecular formula is C22H18FN5OS. The summed E-state index contributed by atoms with van der Waals surface area (Å²) < 4.78 is 19.8. The molecule has 1 aromatic carbocycles. The van der Waals surface area contributed by atoms with Crippen molar-refractivity contribution in [2.24, 2.45) is 0 Å². The van der Waals surface area contributed by atoms with Gasteiger partial charge in [0, 0.05) is 36.5 Å². The maximum Gasteiger partial charge on any atom is 0.171 e. The Kier molecular flexibility index (Phi) is 5.82. The number of fused-ring (bicyclic) bond motifs is 1. The largest absolute Gasteiger partial charge is 0.492 e. The van der Waals surface area contributed by atoms with E-state index in [2.05, 4.69) is 26.3 Å². The van der Waals surface area contributed by atoms with Crippen LogP contribution in [-0.4, -0.2) is 28.1 Å². The summed E-state index contributed by atoms with van der Waals surface area (Å²) in [6, 6.07) is 12.7. The lowest BCUT2D eigenvalue weighted by atomic mass is 10.1. The van der Waals surface area contributed by atoms with E-state index in [9.17, 15) is 9.65 Å². The first-order valence-corrected chi connectivity index (χ1v) is 10.3. The van der Waals surface area contributed by atoms with Crippen molar-refractivity contribution in [1.29, 1.82) is 5.26 Å². The Balaban J connectivity index is 1.47. The van der Waals surface area contributed by atoms with Gasteiger partial charge in [-0.3, -0.25) is 4.98 Å². The summed E-state index contributed by atoms with van der Waals surface area (Å²) in [6.07, 6.45) is 3.81. The minimum atomic E-state index is -0.266. The van der Waals surface area contributed by atoms with Crippen LogP contribution >= 0.6 is 11.3 Å². The van der Waals surface area contributed by atoms with E-state index in [1.165, 1.54) is 17.4 Å². The standard InChI is InChI=1S/C22H18FN5OS/c1-2-29-18-12-19(30-20(18)13-24)22-27-9-6-21(28-22)26-8-5-14-10-15-4-3-7-25-17(15)11-16(14)23/h3-4,6-7,9-12H,2,5,8H2,1H3,(H,26,27,28). The second-order valence-corrected chi connectivity index (χ2v) is 7.48. The highest BCUT2D eigenvalue weighted by molar-refractivity contribution is 7.16. The van der Waals surface area contributed by atoms with Crippen LogP contribution in [0.15, 0.2) is 48.8 Å². The van der Waals surface area contributed by atoms with Gasteiger partial charge in [0.2, 0.25) is 0 Å². The predicted molar refractivity (Wildman–Crippen MR) is 115 cm³/mol. The van der Waals surface area contributed by atoms with Gasteiger partial charge in [0.15, 0.2) is 5.82 Å². The molecule has 0 saturated carbocycles. The fourth-order valence-electron chi connectivity index (χ4n) is 3.06. The molecular weight excluding hydrogens is 401 g/mol. The lowest BCUT2D eigenvalue weighted by Crippen LogP contribution is -2.08. The summed E-state index contributed by atoms with van der Waals surface area (Å²) in [7, 11) is 0. The predicted octanol–water partition coefficient (Wildman–Crippen LogP) is 4.82. The number of nitrogens with zero attached hydrogens (tertiary/aromatic N) is 4. The maximum atomic E-state index is 14.3. The van der Waals surface area contributed by atoms with Crippen LogP contribution < -0.4 is 10.1 Å². The molecule has 0 amide bonds. The number of aromatic nitrogens is 3. The summed E-state index contributed by atoms with van der Waals surface area (Å²) in [5, 5.41) is 13.4. The van der Waals surface area contributed by atoms with Crippen molar-refractivity contribution < 1.29 is 9.13 Å². The number of nitrogens with one attached hydrogen (secondary N) is 1. The van der Waals surface area contributed by atoms with E-state index in [4.69, 9.17) is 4.74 Å². The van der Waals surface area contributed by atoms with Crippen LogP contribution in [0.1, 0.15) is 17.4 Å². The molecule has 0 aliphatic carbocycles. The van der Waals surface area contributed by atoms with Crippen molar-refractivity contribution >= 4 is 28.1 Å². The Morgan fingerprint density at radius 1 is 1.20 bits per heavy atom. The van der Waals surface area contributed by atoms with E-state index in [0.29, 0.717) is 52.9 Å². The Bertz CT molecular complexity index is 1230. The number of ether oxygens (including phenoxy) is 1. The van der Waals surface area contributed by atoms with Crippen LogP contribution in [-0.2, 0) is 6.42 Å². The van der Waals surface area contributed by atoms with E-state index >= 15 is 0 Å². The van der Waals surface area contributed by atoms with Crippen LogP contribution in [0.2, 0.25) is 0 Å². The smallest absolute Gasteiger partial charge is 0.171 e. The minimum absolute atomic E-state index is 0.266. The van der Waals surface area contributed by atoms with Crippen molar-refractivity contribution in [3.63, 3.8) is 0 Å². The molecule has 3 aromatic heterocycles. The lowest BCUT2D eigenvalue weighted by molar-refractivity contribution is 0.341. The first kappa shape index (κ1) is 19.7. The molecule has 0 atom stereocenters. The first-order chi connectivity index (χ1) is 14.7. The van der Waals surface area contributed by atoms with Crippen molar-refractivity contribution in [3.8, 4) is 22.5 Å². The fraction of sp³-hybridized carbons (Fsp3) is 0.182. The molecule has 150 valence electrons. The SMILES string of the molecule is CCOc1cc(-c2nccc(NCCc3cc4cccnc4cc3F)n2)sc1C#N. The molecule has 0 saturated heterocycles. The van der Waals surface area contributed by atoms with Crippen LogP contribution in [0.3, 0.4) is 0 Å². The molecule has 3 heterocycles. The van der Waals surface area contributed by atoms with E-state index < -0.39 is 0 Å². The number of thiophene rings is 1. The van der Waals surface area contributed by atoms with Gasteiger partial charge >= 0.3 is 0 Å². The van der Waals surface area contributed by atoms with E-state index in [-0.39, 0.29) is 5.82 Å². The summed E-state index contributed by atoms with van der Waals surface area (Å²) in [5.74, 6) is 1.42. The van der Waals surface area contributed by atoms with Crippen molar-refractivity contribution in [2.45, 2.75) is 13.3 Å². The quantitative estimate of drug-likeness (QED) is 0.462. The van der Waals surface area contributed by atoms with Gasteiger partial charge < -0.3 is 10.1 Å². The summed E-state index contributed by atoms with van der Waals surface area (Å²) in [5.41, 5.74) is 1.27. The molecule has 0 unspecified atom stereocenters. The van der Waals surface area contributed by atoms with Gasteiger partial charge in [-0.05, 0) is 37.1 Å². The van der Waals surface area contributed by atoms with Gasteiger partial charge in [0.05, 0.1) is 17.0 Å². The molecule has 0 bridgehead atoms. The molecule has 0 fully saturated rings. The van der Waals surface area contributed by atoms with Gasteiger partial charge in [-0.15, -0.1) is 11.3 Å². The summed E-state index contributed by atoms with van der Waals surface area (Å²) in [6.45, 7) is 2.86. The molecule has 4 aromatic rings. The van der Waals surface area contributed by atoms with Crippen molar-refractivity contribution in [3.05, 3.63) is 65.0 Å². The van der Waals surface area contributed by atoms with Gasteiger partial charge in [-0.1, -0.05) is 6.07 Å². The third-order valence-electron chi connectivity index (χ3n) is 4.45. The van der Waals surface area contributed by atoms with Crippen LogP contribution in [0, 0.1) is 17.1 Å². The Labute approximate surface area is 177 Å². The lowest BCUT2D eigenvalue weighted by Gasteiger charge is -2.08. The van der Waals surface area contributed by atoms with Crippen LogP contribution in [0.4, 0.5) is 10.2 Å². The number of nitriles is 1. The molecule has 0 aliphatic heterocycles. The second kappa shape index (κ2) is 8.84. The number of anilines is 1. The molecule has 0 radical (unpaired) electrons. The van der Waals surface area contributed by atoms with Crippen LogP contribution in [0.5, 0.6) is 5.75 Å². The van der Waals surface area contributed by atoms with E-state index in [0.717, 1.165) is 10.3 Å². The molecule has 30 heavy (non-hydrogen) atoms. The number of hydrogen-bond donors (Lipinski definition) is 1. The molecule has 1 N–H and O–H groups in total. The highest BCUT2D eigenvalue weighted by Crippen LogP contribution is 2.34. The van der Waals surface area contributed by atoms with Gasteiger partial charge in [0.25, 0.3) is 0 Å². The summed E-state index contributed by atoms with van der Waals surface area (Å²) in [4.78, 5) is 14.2. The normalized spacial score (nSPS) is 10.7. The van der Waals surface area contributed by atoms with Crippen LogP contribution in [0.25, 0.3) is 21.6 Å². The van der Waals surface area contributed by atoms with E-state index in [1.54, 1.807) is 24.5 Å². The highest BCUT2D eigenvalue weighted by Gasteiger charge is 2.14. The number of rotatable bonds is 7. The zero-order chi connectivity index (χ0) is 20.9. The Morgan fingerprint density at radius 2 is 2.10 bits per heavy atom. The second-order valence-electron chi connectivity index (χ2n) is 6.43. The van der Waals surface area contributed by atoms with Crippen molar-refractivity contribution in [2.75, 3.05) is 18.5 Å². The zero-order valence-electron chi connectivity index (χ0n) is 16.2. The Morgan fingerprint density at radius 3 is 2.93 bits per heavy atom. The molecule has 8 heteroatoms. The highest BCUT2D eigenvalue weighted by atomic mass is 32.1. The number of halogens is 1. The topological polar surface area (TPSA) is 83.7 Å². The third kappa shape index (κ3) is 4.21.